The Kier molecular flexibility index (Phi) is 4.96. The number of hydrogen-bond donors (Lipinski definition) is 1. The van der Waals surface area contributed by atoms with Gasteiger partial charge in [0.1, 0.15) is 12.1 Å². The molecule has 1 saturated heterocycles. The molecule has 1 atom stereocenters. The van der Waals surface area contributed by atoms with Gasteiger partial charge in [-0.15, -0.1) is 0 Å². The maximum absolute atomic E-state index is 5.56. The maximum Gasteiger partial charge on any atom is 0.218 e. The van der Waals surface area contributed by atoms with Gasteiger partial charge in [-0.2, -0.15) is 0 Å². The number of likely N-dealkylation sites (tertiary alicyclic amines) is 1. The lowest BCUT2D eigenvalue weighted by atomic mass is 9.98. The van der Waals surface area contributed by atoms with Gasteiger partial charge in [-0.1, -0.05) is 0 Å². The second-order valence-electron chi connectivity index (χ2n) is 5.56. The molecule has 0 spiro atoms. The van der Waals surface area contributed by atoms with Crippen LogP contribution in [0.25, 0.3) is 0 Å². The zero-order chi connectivity index (χ0) is 13.7. The second kappa shape index (κ2) is 6.70. The van der Waals surface area contributed by atoms with Crippen molar-refractivity contribution in [1.29, 1.82) is 0 Å². The quantitative estimate of drug-likeness (QED) is 0.881. The smallest absolute Gasteiger partial charge is 0.218 e. The normalized spacial score (nSPS) is 20.5. The summed E-state index contributed by atoms with van der Waals surface area (Å²) in [5, 5.41) is 3.39. The Balaban J connectivity index is 1.85. The van der Waals surface area contributed by atoms with Crippen molar-refractivity contribution in [3.8, 4) is 5.88 Å². The third-order valence-corrected chi connectivity index (χ3v) is 3.29. The Morgan fingerprint density at radius 2 is 2.32 bits per heavy atom. The second-order valence-corrected chi connectivity index (χ2v) is 5.56. The minimum Gasteiger partial charge on any atom is -0.475 e. The predicted molar refractivity (Wildman–Crippen MR) is 76.5 cm³/mol. The van der Waals surface area contributed by atoms with Crippen LogP contribution in [-0.2, 0) is 0 Å². The fourth-order valence-electron chi connectivity index (χ4n) is 2.43. The number of piperidine rings is 1. The first kappa shape index (κ1) is 14.1. The monoisotopic (exact) mass is 264 g/mol. The summed E-state index contributed by atoms with van der Waals surface area (Å²) in [6.07, 6.45) is 4.26. The highest BCUT2D eigenvalue weighted by Crippen LogP contribution is 2.17. The molecular weight excluding hydrogens is 240 g/mol. The van der Waals surface area contributed by atoms with E-state index in [0.29, 0.717) is 11.8 Å². The van der Waals surface area contributed by atoms with E-state index in [9.17, 15) is 0 Å². The molecule has 1 unspecified atom stereocenters. The minimum absolute atomic E-state index is 0.134. The highest BCUT2D eigenvalue weighted by molar-refractivity contribution is 5.37. The summed E-state index contributed by atoms with van der Waals surface area (Å²) in [6, 6.07) is 1.87. The summed E-state index contributed by atoms with van der Waals surface area (Å²) in [5.74, 6) is 2.18. The molecule has 2 rings (SSSR count). The summed E-state index contributed by atoms with van der Waals surface area (Å²) in [7, 11) is 2.19. The molecule has 0 radical (unpaired) electrons. The van der Waals surface area contributed by atoms with E-state index in [1.165, 1.54) is 19.4 Å². The Hall–Kier alpha value is -1.36. The molecule has 0 amide bonds. The molecule has 0 aliphatic carbocycles. The Labute approximate surface area is 115 Å². The molecule has 0 aromatic carbocycles. The fraction of sp³-hybridized carbons (Fsp3) is 0.714. The summed E-state index contributed by atoms with van der Waals surface area (Å²) in [6.45, 7) is 7.33. The molecule has 0 bridgehead atoms. The van der Waals surface area contributed by atoms with E-state index < -0.39 is 0 Å². The molecule has 19 heavy (non-hydrogen) atoms. The minimum atomic E-state index is 0.134. The van der Waals surface area contributed by atoms with Crippen LogP contribution in [0, 0.1) is 5.92 Å². The van der Waals surface area contributed by atoms with E-state index in [-0.39, 0.29) is 6.10 Å². The molecule has 2 heterocycles. The predicted octanol–water partition coefficient (Wildman–Crippen LogP) is 2.02. The lowest BCUT2D eigenvalue weighted by molar-refractivity contribution is 0.217. The van der Waals surface area contributed by atoms with Gasteiger partial charge in [-0.3, -0.25) is 0 Å². The van der Waals surface area contributed by atoms with Crippen LogP contribution in [0.5, 0.6) is 5.88 Å². The van der Waals surface area contributed by atoms with Gasteiger partial charge >= 0.3 is 0 Å². The number of ether oxygens (including phenoxy) is 1. The molecule has 0 saturated carbocycles. The first-order chi connectivity index (χ1) is 9.13. The Morgan fingerprint density at radius 1 is 1.47 bits per heavy atom. The van der Waals surface area contributed by atoms with Crippen LogP contribution >= 0.6 is 0 Å². The van der Waals surface area contributed by atoms with E-state index in [1.54, 1.807) is 6.33 Å². The van der Waals surface area contributed by atoms with E-state index >= 15 is 0 Å². The van der Waals surface area contributed by atoms with Crippen molar-refractivity contribution in [2.75, 3.05) is 32.0 Å². The van der Waals surface area contributed by atoms with Crippen LogP contribution < -0.4 is 10.1 Å². The van der Waals surface area contributed by atoms with Crippen molar-refractivity contribution in [3.05, 3.63) is 12.4 Å². The number of rotatable bonds is 5. The molecule has 1 aliphatic heterocycles. The van der Waals surface area contributed by atoms with Crippen molar-refractivity contribution in [1.82, 2.24) is 14.9 Å². The third kappa shape index (κ3) is 4.67. The van der Waals surface area contributed by atoms with Crippen LogP contribution in [0.3, 0.4) is 0 Å². The first-order valence-corrected chi connectivity index (χ1v) is 7.04. The van der Waals surface area contributed by atoms with E-state index in [0.717, 1.165) is 18.9 Å². The van der Waals surface area contributed by atoms with Gasteiger partial charge in [-0.25, -0.2) is 9.97 Å². The summed E-state index contributed by atoms with van der Waals surface area (Å²) in [4.78, 5) is 10.7. The van der Waals surface area contributed by atoms with Crippen LogP contribution in [0.4, 0.5) is 5.82 Å². The zero-order valence-electron chi connectivity index (χ0n) is 12.1. The first-order valence-electron chi connectivity index (χ1n) is 7.04. The topological polar surface area (TPSA) is 50.3 Å². The van der Waals surface area contributed by atoms with Crippen molar-refractivity contribution >= 4 is 5.82 Å². The third-order valence-electron chi connectivity index (χ3n) is 3.29. The molecule has 1 aromatic rings. The lowest BCUT2D eigenvalue weighted by Gasteiger charge is -2.29. The van der Waals surface area contributed by atoms with Gasteiger partial charge in [0, 0.05) is 19.2 Å². The average Bonchev–Trinajstić information content (AvgIpc) is 2.36. The number of nitrogens with one attached hydrogen (secondary N) is 1. The highest BCUT2D eigenvalue weighted by Gasteiger charge is 2.16. The highest BCUT2D eigenvalue weighted by atomic mass is 16.5. The van der Waals surface area contributed by atoms with Crippen molar-refractivity contribution < 1.29 is 4.74 Å². The van der Waals surface area contributed by atoms with Gasteiger partial charge in [0.15, 0.2) is 0 Å². The number of aromatic nitrogens is 2. The van der Waals surface area contributed by atoms with Gasteiger partial charge < -0.3 is 15.0 Å². The molecule has 106 valence electrons. The van der Waals surface area contributed by atoms with Gasteiger partial charge in [0.05, 0.1) is 6.10 Å². The average molecular weight is 264 g/mol. The van der Waals surface area contributed by atoms with Gasteiger partial charge in [0.25, 0.3) is 0 Å². The molecule has 5 heteroatoms. The fourth-order valence-corrected chi connectivity index (χ4v) is 2.43. The molecular formula is C14H24N4O. The van der Waals surface area contributed by atoms with Crippen LogP contribution in [0.15, 0.2) is 12.4 Å². The SMILES string of the molecule is CC(C)Oc1cc(NCC2CCCN(C)C2)ncn1. The molecule has 1 N–H and O–H groups in total. The largest absolute Gasteiger partial charge is 0.475 e. The van der Waals surface area contributed by atoms with E-state index in [1.807, 2.05) is 19.9 Å². The lowest BCUT2D eigenvalue weighted by Crippen LogP contribution is -2.35. The number of hydrogen-bond acceptors (Lipinski definition) is 5. The van der Waals surface area contributed by atoms with Crippen molar-refractivity contribution in [3.63, 3.8) is 0 Å². The van der Waals surface area contributed by atoms with Crippen LogP contribution in [0.2, 0.25) is 0 Å². The molecule has 1 aliphatic rings. The van der Waals surface area contributed by atoms with E-state index in [4.69, 9.17) is 4.74 Å². The molecule has 1 aromatic heterocycles. The Morgan fingerprint density at radius 3 is 3.05 bits per heavy atom. The zero-order valence-corrected chi connectivity index (χ0v) is 12.1. The number of anilines is 1. The summed E-state index contributed by atoms with van der Waals surface area (Å²) < 4.78 is 5.56. The molecule has 5 nitrogen and oxygen atoms in total. The van der Waals surface area contributed by atoms with Crippen molar-refractivity contribution in [2.45, 2.75) is 32.8 Å². The molecule has 1 fully saturated rings. The van der Waals surface area contributed by atoms with Gasteiger partial charge in [0.2, 0.25) is 5.88 Å². The van der Waals surface area contributed by atoms with Crippen LogP contribution in [-0.4, -0.2) is 47.7 Å². The summed E-state index contributed by atoms with van der Waals surface area (Å²) >= 11 is 0. The van der Waals surface area contributed by atoms with E-state index in [2.05, 4.69) is 27.2 Å². The van der Waals surface area contributed by atoms with Crippen LogP contribution in [0.1, 0.15) is 26.7 Å². The number of nitrogens with zero attached hydrogens (tertiary/aromatic N) is 3. The standard InChI is InChI=1S/C14H24N4O/c1-11(2)19-14-7-13(16-10-17-14)15-8-12-5-4-6-18(3)9-12/h7,10-12H,4-6,8-9H2,1-3H3,(H,15,16,17). The maximum atomic E-state index is 5.56. The Bertz CT molecular complexity index is 397. The summed E-state index contributed by atoms with van der Waals surface area (Å²) in [5.41, 5.74) is 0. The van der Waals surface area contributed by atoms with Gasteiger partial charge in [-0.05, 0) is 46.2 Å². The van der Waals surface area contributed by atoms with Crippen molar-refractivity contribution in [2.24, 2.45) is 5.92 Å².